The molecule has 1 N–H and O–H groups in total. The second kappa shape index (κ2) is 8.30. The Morgan fingerprint density at radius 2 is 2.07 bits per heavy atom. The van der Waals surface area contributed by atoms with Crippen LogP contribution in [0.4, 0.5) is 5.82 Å². The zero-order chi connectivity index (χ0) is 19.5. The summed E-state index contributed by atoms with van der Waals surface area (Å²) < 4.78 is 5.38. The van der Waals surface area contributed by atoms with Gasteiger partial charge in [-0.25, -0.2) is 4.98 Å². The third-order valence-electron chi connectivity index (χ3n) is 5.00. The summed E-state index contributed by atoms with van der Waals surface area (Å²) in [5.74, 6) is 0.522. The van der Waals surface area contributed by atoms with Gasteiger partial charge in [0.1, 0.15) is 15.8 Å². The van der Waals surface area contributed by atoms with Gasteiger partial charge in [-0.15, -0.1) is 10.2 Å². The standard InChI is InChI=1S/C20H23N5O2S/c1-13-23-24-20(28-13)14-3-4-15-11-21-18(10-16(15)9-14)22-19(26)12-25-7-5-17(27-2)6-8-25/h3-4,9-11,17H,5-8,12H2,1-2H3,(H,21,22,26). The fraction of sp³-hybridized carbons (Fsp3) is 0.400. The number of rotatable bonds is 5. The fourth-order valence-corrected chi connectivity index (χ4v) is 4.13. The Morgan fingerprint density at radius 1 is 1.25 bits per heavy atom. The number of carbonyl (C=O) groups excluding carboxylic acids is 1. The maximum Gasteiger partial charge on any atom is 0.239 e. The molecule has 1 aromatic carbocycles. The minimum atomic E-state index is -0.0429. The predicted molar refractivity (Wildman–Crippen MR) is 110 cm³/mol. The molecule has 1 aliphatic heterocycles. The van der Waals surface area contributed by atoms with E-state index in [0.29, 0.717) is 18.5 Å². The molecule has 1 fully saturated rings. The normalized spacial score (nSPS) is 15.8. The number of amides is 1. The maximum absolute atomic E-state index is 12.4. The molecule has 0 radical (unpaired) electrons. The lowest BCUT2D eigenvalue weighted by Gasteiger charge is -2.30. The van der Waals surface area contributed by atoms with Gasteiger partial charge in [0.25, 0.3) is 0 Å². The van der Waals surface area contributed by atoms with Crippen LogP contribution in [-0.4, -0.2) is 58.8 Å². The molecule has 0 bridgehead atoms. The Labute approximate surface area is 167 Å². The highest BCUT2D eigenvalue weighted by molar-refractivity contribution is 7.14. The first kappa shape index (κ1) is 18.9. The topological polar surface area (TPSA) is 80.2 Å². The number of anilines is 1. The number of ether oxygens (including phenoxy) is 1. The molecule has 28 heavy (non-hydrogen) atoms. The van der Waals surface area contributed by atoms with Gasteiger partial charge in [0.15, 0.2) is 0 Å². The third kappa shape index (κ3) is 4.35. The number of nitrogens with zero attached hydrogens (tertiary/aromatic N) is 4. The number of likely N-dealkylation sites (tertiary alicyclic amines) is 1. The summed E-state index contributed by atoms with van der Waals surface area (Å²) in [6.07, 6.45) is 4.02. The van der Waals surface area contributed by atoms with Crippen LogP contribution < -0.4 is 5.32 Å². The molecule has 8 heteroatoms. The van der Waals surface area contributed by atoms with Crippen LogP contribution in [0.1, 0.15) is 17.8 Å². The Morgan fingerprint density at radius 3 is 2.79 bits per heavy atom. The van der Waals surface area contributed by atoms with Crippen LogP contribution in [0, 0.1) is 6.92 Å². The van der Waals surface area contributed by atoms with Crippen LogP contribution in [0.3, 0.4) is 0 Å². The highest BCUT2D eigenvalue weighted by Crippen LogP contribution is 2.27. The molecular formula is C20H23N5O2S. The van der Waals surface area contributed by atoms with Crippen molar-refractivity contribution in [2.45, 2.75) is 25.9 Å². The zero-order valence-electron chi connectivity index (χ0n) is 16.0. The molecule has 3 aromatic rings. The summed E-state index contributed by atoms with van der Waals surface area (Å²) >= 11 is 1.56. The van der Waals surface area contributed by atoms with Gasteiger partial charge < -0.3 is 10.1 Å². The van der Waals surface area contributed by atoms with Crippen molar-refractivity contribution in [3.8, 4) is 10.6 Å². The van der Waals surface area contributed by atoms with Gasteiger partial charge in [0.2, 0.25) is 5.91 Å². The lowest BCUT2D eigenvalue weighted by Crippen LogP contribution is -2.41. The molecule has 2 aromatic heterocycles. The molecule has 1 aliphatic rings. The van der Waals surface area contributed by atoms with E-state index in [-0.39, 0.29) is 5.91 Å². The van der Waals surface area contributed by atoms with E-state index in [1.807, 2.05) is 25.1 Å². The monoisotopic (exact) mass is 397 g/mol. The third-order valence-corrected chi connectivity index (χ3v) is 5.89. The zero-order valence-corrected chi connectivity index (χ0v) is 16.8. The maximum atomic E-state index is 12.4. The van der Waals surface area contributed by atoms with E-state index >= 15 is 0 Å². The van der Waals surface area contributed by atoms with Crippen LogP contribution in [0.5, 0.6) is 0 Å². The molecule has 0 unspecified atom stereocenters. The van der Waals surface area contributed by atoms with Crippen molar-refractivity contribution in [2.75, 3.05) is 32.1 Å². The molecular weight excluding hydrogens is 374 g/mol. The van der Waals surface area contributed by atoms with Gasteiger partial charge in [-0.2, -0.15) is 0 Å². The van der Waals surface area contributed by atoms with Gasteiger partial charge in [0, 0.05) is 37.3 Å². The van der Waals surface area contributed by atoms with E-state index < -0.39 is 0 Å². The largest absolute Gasteiger partial charge is 0.381 e. The number of methoxy groups -OCH3 is 1. The minimum Gasteiger partial charge on any atom is -0.381 e. The molecule has 0 saturated carbocycles. The van der Waals surface area contributed by atoms with Crippen molar-refractivity contribution < 1.29 is 9.53 Å². The Balaban J connectivity index is 1.44. The summed E-state index contributed by atoms with van der Waals surface area (Å²) in [6.45, 7) is 4.07. The quantitative estimate of drug-likeness (QED) is 0.713. The summed E-state index contributed by atoms with van der Waals surface area (Å²) in [6, 6.07) is 8.00. The highest BCUT2D eigenvalue weighted by atomic mass is 32.1. The molecule has 146 valence electrons. The molecule has 4 rings (SSSR count). The first-order chi connectivity index (χ1) is 13.6. The van der Waals surface area contributed by atoms with Gasteiger partial charge >= 0.3 is 0 Å². The Bertz CT molecular complexity index is 982. The lowest BCUT2D eigenvalue weighted by atomic mass is 10.1. The van der Waals surface area contributed by atoms with Crippen molar-refractivity contribution in [3.05, 3.63) is 35.5 Å². The van der Waals surface area contributed by atoms with Crippen molar-refractivity contribution in [1.29, 1.82) is 0 Å². The van der Waals surface area contributed by atoms with Crippen LogP contribution in [0.15, 0.2) is 30.5 Å². The van der Waals surface area contributed by atoms with Gasteiger partial charge in [-0.05, 0) is 37.3 Å². The van der Waals surface area contributed by atoms with Crippen molar-refractivity contribution >= 4 is 33.8 Å². The van der Waals surface area contributed by atoms with E-state index in [1.54, 1.807) is 24.6 Å². The first-order valence-corrected chi connectivity index (χ1v) is 10.2. The van der Waals surface area contributed by atoms with E-state index in [9.17, 15) is 4.79 Å². The first-order valence-electron chi connectivity index (χ1n) is 9.36. The average Bonchev–Trinajstić information content (AvgIpc) is 3.14. The average molecular weight is 398 g/mol. The Kier molecular flexibility index (Phi) is 5.61. The van der Waals surface area contributed by atoms with Crippen LogP contribution in [-0.2, 0) is 9.53 Å². The van der Waals surface area contributed by atoms with E-state index in [0.717, 1.165) is 52.3 Å². The molecule has 3 heterocycles. The van der Waals surface area contributed by atoms with E-state index in [4.69, 9.17) is 4.74 Å². The number of nitrogens with one attached hydrogen (secondary N) is 1. The number of aryl methyl sites for hydroxylation is 1. The lowest BCUT2D eigenvalue weighted by molar-refractivity contribution is -0.117. The smallest absolute Gasteiger partial charge is 0.239 e. The highest BCUT2D eigenvalue weighted by Gasteiger charge is 2.20. The molecule has 1 amide bonds. The van der Waals surface area contributed by atoms with Crippen molar-refractivity contribution in [3.63, 3.8) is 0 Å². The van der Waals surface area contributed by atoms with Gasteiger partial charge in [-0.3, -0.25) is 9.69 Å². The summed E-state index contributed by atoms with van der Waals surface area (Å²) in [7, 11) is 1.75. The van der Waals surface area contributed by atoms with Crippen molar-refractivity contribution in [1.82, 2.24) is 20.1 Å². The van der Waals surface area contributed by atoms with E-state index in [2.05, 4.69) is 31.5 Å². The summed E-state index contributed by atoms with van der Waals surface area (Å²) in [4.78, 5) is 18.9. The van der Waals surface area contributed by atoms with Crippen LogP contribution in [0.25, 0.3) is 21.3 Å². The number of fused-ring (bicyclic) bond motifs is 1. The summed E-state index contributed by atoms with van der Waals surface area (Å²) in [5, 5.41) is 15.1. The number of benzene rings is 1. The number of piperidine rings is 1. The van der Waals surface area contributed by atoms with Gasteiger partial charge in [-0.1, -0.05) is 23.5 Å². The Hall–Kier alpha value is -2.42. The number of aromatic nitrogens is 3. The molecule has 0 aliphatic carbocycles. The van der Waals surface area contributed by atoms with Crippen LogP contribution in [0.2, 0.25) is 0 Å². The van der Waals surface area contributed by atoms with Crippen molar-refractivity contribution in [2.24, 2.45) is 0 Å². The fourth-order valence-electron chi connectivity index (χ4n) is 3.44. The minimum absolute atomic E-state index is 0.0429. The molecule has 1 saturated heterocycles. The number of pyridine rings is 1. The molecule has 7 nitrogen and oxygen atoms in total. The van der Waals surface area contributed by atoms with Gasteiger partial charge in [0.05, 0.1) is 12.6 Å². The number of hydrogen-bond acceptors (Lipinski definition) is 7. The number of carbonyl (C=O) groups is 1. The second-order valence-corrected chi connectivity index (χ2v) is 8.20. The number of hydrogen-bond donors (Lipinski definition) is 1. The predicted octanol–water partition coefficient (Wildman–Crippen LogP) is 3.11. The van der Waals surface area contributed by atoms with E-state index in [1.165, 1.54) is 0 Å². The second-order valence-electron chi connectivity index (χ2n) is 7.02. The summed E-state index contributed by atoms with van der Waals surface area (Å²) in [5.41, 5.74) is 1.02. The van der Waals surface area contributed by atoms with Crippen LogP contribution >= 0.6 is 11.3 Å². The molecule has 0 atom stereocenters. The SMILES string of the molecule is COC1CCN(CC(=O)Nc2cc3cc(-c4nnc(C)s4)ccc3cn2)CC1. The molecule has 0 spiro atoms.